The molecule has 1 fully saturated rings. The van der Waals surface area contributed by atoms with Gasteiger partial charge in [-0.05, 0) is 50.1 Å². The zero-order valence-electron chi connectivity index (χ0n) is 16.8. The first-order valence-electron chi connectivity index (χ1n) is 9.38. The van der Waals surface area contributed by atoms with Gasteiger partial charge in [-0.2, -0.15) is 5.10 Å². The summed E-state index contributed by atoms with van der Waals surface area (Å²) in [6, 6.07) is 6.15. The second-order valence-electron chi connectivity index (χ2n) is 7.43. The Hall–Kier alpha value is -1.67. The van der Waals surface area contributed by atoms with Crippen molar-refractivity contribution < 1.29 is 4.79 Å². The summed E-state index contributed by atoms with van der Waals surface area (Å²) in [5, 5.41) is 7.39. The Morgan fingerprint density at radius 1 is 1.31 bits per heavy atom. The van der Waals surface area contributed by atoms with E-state index in [1.165, 1.54) is 0 Å². The third kappa shape index (κ3) is 4.43. The van der Waals surface area contributed by atoms with Gasteiger partial charge < -0.3 is 10.6 Å². The summed E-state index contributed by atoms with van der Waals surface area (Å²) in [6.07, 6.45) is 1.92. The maximum absolute atomic E-state index is 13.4. The van der Waals surface area contributed by atoms with Gasteiger partial charge in [0.2, 0.25) is 0 Å². The molecule has 3 aromatic rings. The third-order valence-electron chi connectivity index (χ3n) is 5.54. The smallest absolute Gasteiger partial charge is 0.254 e. The van der Waals surface area contributed by atoms with Crippen molar-refractivity contribution in [2.45, 2.75) is 32.7 Å². The largest absolute Gasteiger partial charge is 0.339 e. The van der Waals surface area contributed by atoms with E-state index in [9.17, 15) is 4.79 Å². The van der Waals surface area contributed by atoms with Crippen molar-refractivity contribution in [3.8, 4) is 10.6 Å². The summed E-state index contributed by atoms with van der Waals surface area (Å²) in [7, 11) is 1.88. The van der Waals surface area contributed by atoms with E-state index in [-0.39, 0.29) is 36.8 Å². The van der Waals surface area contributed by atoms with Crippen LogP contribution in [0.2, 0.25) is 0 Å². The number of aryl methyl sites for hydroxylation is 2. The molecule has 0 aliphatic carbocycles. The Labute approximate surface area is 187 Å². The molecule has 0 saturated carbocycles. The van der Waals surface area contributed by atoms with Gasteiger partial charge in [-0.15, -0.1) is 36.2 Å². The summed E-state index contributed by atoms with van der Waals surface area (Å²) < 4.78 is 1.76. The quantitative estimate of drug-likeness (QED) is 0.645. The van der Waals surface area contributed by atoms with Crippen LogP contribution < -0.4 is 5.73 Å². The topological polar surface area (TPSA) is 77.0 Å². The Kier molecular flexibility index (Phi) is 7.67. The molecule has 1 saturated heterocycles. The molecule has 4 heterocycles. The van der Waals surface area contributed by atoms with Gasteiger partial charge in [0.05, 0.1) is 27.2 Å². The van der Waals surface area contributed by atoms with Gasteiger partial charge in [0.1, 0.15) is 0 Å². The summed E-state index contributed by atoms with van der Waals surface area (Å²) in [5.74, 6) is 0.563. The molecular formula is C20H27Cl2N5OS. The number of nitrogens with two attached hydrogens (primary N) is 1. The van der Waals surface area contributed by atoms with Crippen LogP contribution in [-0.2, 0) is 7.05 Å². The lowest BCUT2D eigenvalue weighted by Gasteiger charge is -2.34. The Bertz CT molecular complexity index is 979. The lowest BCUT2D eigenvalue weighted by molar-refractivity contribution is 0.0683. The molecule has 1 unspecified atom stereocenters. The number of piperidine rings is 1. The fourth-order valence-electron chi connectivity index (χ4n) is 3.96. The second kappa shape index (κ2) is 9.43. The summed E-state index contributed by atoms with van der Waals surface area (Å²) >= 11 is 1.63. The van der Waals surface area contributed by atoms with Crippen LogP contribution in [0.1, 0.15) is 35.8 Å². The zero-order chi connectivity index (χ0) is 19.1. The normalized spacial score (nSPS) is 15.7. The van der Waals surface area contributed by atoms with E-state index in [1.54, 1.807) is 16.0 Å². The molecular weight excluding hydrogens is 429 g/mol. The number of nitrogens with zero attached hydrogens (tertiary/aromatic N) is 4. The molecule has 9 heteroatoms. The molecule has 0 aromatic carbocycles. The van der Waals surface area contributed by atoms with E-state index in [1.807, 2.05) is 42.5 Å². The van der Waals surface area contributed by atoms with Crippen molar-refractivity contribution in [2.75, 3.05) is 13.1 Å². The van der Waals surface area contributed by atoms with Crippen LogP contribution in [0.5, 0.6) is 0 Å². The van der Waals surface area contributed by atoms with Crippen molar-refractivity contribution in [2.24, 2.45) is 18.7 Å². The summed E-state index contributed by atoms with van der Waals surface area (Å²) in [6.45, 7) is 5.50. The fourth-order valence-corrected chi connectivity index (χ4v) is 4.65. The molecule has 1 atom stereocenters. The van der Waals surface area contributed by atoms with Gasteiger partial charge in [0.15, 0.2) is 5.65 Å². The molecule has 29 heavy (non-hydrogen) atoms. The van der Waals surface area contributed by atoms with Crippen LogP contribution in [-0.4, -0.2) is 44.7 Å². The highest BCUT2D eigenvalue weighted by molar-refractivity contribution is 7.13. The first kappa shape index (κ1) is 23.6. The fraction of sp³-hybridized carbons (Fsp3) is 0.450. The van der Waals surface area contributed by atoms with E-state index in [0.717, 1.165) is 53.2 Å². The number of hydrogen-bond acceptors (Lipinski definition) is 5. The van der Waals surface area contributed by atoms with Gasteiger partial charge in [0.25, 0.3) is 5.91 Å². The summed E-state index contributed by atoms with van der Waals surface area (Å²) in [4.78, 5) is 21.2. The minimum atomic E-state index is 0. The van der Waals surface area contributed by atoms with E-state index in [0.29, 0.717) is 11.5 Å². The molecule has 0 radical (unpaired) electrons. The predicted molar refractivity (Wildman–Crippen MR) is 123 cm³/mol. The van der Waals surface area contributed by atoms with Gasteiger partial charge >= 0.3 is 0 Å². The number of hydrogen-bond donors (Lipinski definition) is 1. The first-order chi connectivity index (χ1) is 13.0. The van der Waals surface area contributed by atoms with Gasteiger partial charge in [-0.3, -0.25) is 9.48 Å². The minimum absolute atomic E-state index is 0. The second-order valence-corrected chi connectivity index (χ2v) is 8.38. The van der Waals surface area contributed by atoms with Crippen LogP contribution in [0, 0.1) is 12.8 Å². The van der Waals surface area contributed by atoms with Gasteiger partial charge in [0, 0.05) is 26.2 Å². The molecule has 0 spiro atoms. The van der Waals surface area contributed by atoms with Crippen molar-refractivity contribution in [3.63, 3.8) is 0 Å². The van der Waals surface area contributed by atoms with E-state index < -0.39 is 0 Å². The Morgan fingerprint density at radius 2 is 2.00 bits per heavy atom. The molecule has 1 aliphatic rings. The minimum Gasteiger partial charge on any atom is -0.339 e. The third-order valence-corrected chi connectivity index (χ3v) is 6.44. The molecule has 2 N–H and O–H groups in total. The number of carbonyl (C=O) groups excluding carboxylic acids is 1. The summed E-state index contributed by atoms with van der Waals surface area (Å²) in [5.41, 5.74) is 9.18. The highest BCUT2D eigenvalue weighted by atomic mass is 35.5. The molecule has 6 nitrogen and oxygen atoms in total. The van der Waals surface area contributed by atoms with Crippen LogP contribution in [0.25, 0.3) is 21.6 Å². The Morgan fingerprint density at radius 3 is 2.59 bits per heavy atom. The van der Waals surface area contributed by atoms with Crippen molar-refractivity contribution in [1.82, 2.24) is 19.7 Å². The standard InChI is InChI=1S/C20H25N5OS.2ClH/c1-12(21)14-6-8-25(9-7-14)20(26)15-11-16(17-5-4-10-27-17)22-19-18(15)13(2)23-24(19)3;;/h4-5,10-12,14H,6-9,21H2,1-3H3;2*1H. The molecule has 1 amide bonds. The van der Waals surface area contributed by atoms with E-state index >= 15 is 0 Å². The molecule has 1 aliphatic heterocycles. The number of fused-ring (bicyclic) bond motifs is 1. The number of carbonyl (C=O) groups is 1. The monoisotopic (exact) mass is 455 g/mol. The maximum Gasteiger partial charge on any atom is 0.254 e. The SMILES string of the molecule is Cc1nn(C)c2nc(-c3cccs3)cc(C(=O)N3CCC(C(C)N)CC3)c12.Cl.Cl. The average molecular weight is 456 g/mol. The predicted octanol–water partition coefficient (Wildman–Crippen LogP) is 4.05. The van der Waals surface area contributed by atoms with Crippen molar-refractivity contribution in [3.05, 3.63) is 34.8 Å². The van der Waals surface area contributed by atoms with Gasteiger partial charge in [-0.1, -0.05) is 6.07 Å². The molecule has 4 rings (SSSR count). The highest BCUT2D eigenvalue weighted by Crippen LogP contribution is 2.31. The molecule has 3 aromatic heterocycles. The Balaban J connectivity index is 0.00000150. The molecule has 158 valence electrons. The highest BCUT2D eigenvalue weighted by Gasteiger charge is 2.28. The van der Waals surface area contributed by atoms with E-state index in [4.69, 9.17) is 10.7 Å². The number of aromatic nitrogens is 3. The lowest BCUT2D eigenvalue weighted by atomic mass is 9.90. The lowest BCUT2D eigenvalue weighted by Crippen LogP contribution is -2.42. The maximum atomic E-state index is 13.4. The van der Waals surface area contributed by atoms with Gasteiger partial charge in [-0.25, -0.2) is 4.98 Å². The van der Waals surface area contributed by atoms with Crippen LogP contribution in [0.3, 0.4) is 0 Å². The number of pyridine rings is 1. The first-order valence-corrected chi connectivity index (χ1v) is 10.3. The number of rotatable bonds is 3. The number of halogens is 2. The van der Waals surface area contributed by atoms with Crippen LogP contribution in [0.15, 0.2) is 23.6 Å². The number of amides is 1. The van der Waals surface area contributed by atoms with Crippen molar-refractivity contribution >= 4 is 53.1 Å². The average Bonchev–Trinajstić information content (AvgIpc) is 3.29. The zero-order valence-corrected chi connectivity index (χ0v) is 19.2. The van der Waals surface area contributed by atoms with Crippen molar-refractivity contribution in [1.29, 1.82) is 0 Å². The molecule has 0 bridgehead atoms. The number of likely N-dealkylation sites (tertiary alicyclic amines) is 1. The van der Waals surface area contributed by atoms with Crippen LogP contribution >= 0.6 is 36.2 Å². The van der Waals surface area contributed by atoms with Crippen LogP contribution in [0.4, 0.5) is 0 Å². The number of thiophene rings is 1. The van der Waals surface area contributed by atoms with E-state index in [2.05, 4.69) is 12.0 Å².